The molecule has 0 radical (unpaired) electrons. The maximum atomic E-state index is 10.9. The van der Waals surface area contributed by atoms with E-state index < -0.39 is 5.97 Å². The van der Waals surface area contributed by atoms with Gasteiger partial charge in [0.2, 0.25) is 0 Å². The Morgan fingerprint density at radius 3 is 2.45 bits per heavy atom. The van der Waals surface area contributed by atoms with E-state index in [0.29, 0.717) is 5.56 Å². The molecule has 0 amide bonds. The van der Waals surface area contributed by atoms with Crippen LogP contribution in [0, 0.1) is 0 Å². The third-order valence-electron chi connectivity index (χ3n) is 4.17. The lowest BCUT2D eigenvalue weighted by Crippen LogP contribution is -2.35. The quantitative estimate of drug-likeness (QED) is 0.908. The second-order valence-corrected chi connectivity index (χ2v) is 5.73. The molecule has 1 aromatic carbocycles. The van der Waals surface area contributed by atoms with Crippen molar-refractivity contribution < 1.29 is 15.0 Å². The number of aliphatic hydroxyl groups is 1. The van der Waals surface area contributed by atoms with Crippen molar-refractivity contribution in [3.8, 4) is 5.69 Å². The number of benzene rings is 1. The number of hydrogen-bond donors (Lipinski definition) is 2. The van der Waals surface area contributed by atoms with E-state index in [4.69, 9.17) is 5.11 Å². The summed E-state index contributed by atoms with van der Waals surface area (Å²) in [4.78, 5) is 13.3. The zero-order chi connectivity index (χ0) is 15.5. The van der Waals surface area contributed by atoms with Crippen LogP contribution >= 0.6 is 0 Å². The van der Waals surface area contributed by atoms with Gasteiger partial charge in [-0.15, -0.1) is 0 Å². The van der Waals surface area contributed by atoms with Crippen molar-refractivity contribution in [3.05, 3.63) is 53.9 Å². The standard InChI is InChI=1S/C17H20N2O3/c20-16-7-10-18(11-8-16)12-15-2-1-9-19(15)14-5-3-13(4-6-14)17(21)22/h1-6,9,16,20H,7-8,10-12H2,(H,21,22). The highest BCUT2D eigenvalue weighted by Gasteiger charge is 2.18. The minimum atomic E-state index is -0.911. The molecule has 3 rings (SSSR count). The van der Waals surface area contributed by atoms with Crippen LogP contribution in [0.1, 0.15) is 28.9 Å². The Balaban J connectivity index is 1.75. The van der Waals surface area contributed by atoms with Gasteiger partial charge >= 0.3 is 5.97 Å². The van der Waals surface area contributed by atoms with Crippen molar-refractivity contribution in [2.24, 2.45) is 0 Å². The largest absolute Gasteiger partial charge is 0.478 e. The van der Waals surface area contributed by atoms with Crippen LogP contribution in [0.3, 0.4) is 0 Å². The molecule has 116 valence electrons. The van der Waals surface area contributed by atoms with Gasteiger partial charge in [0.25, 0.3) is 0 Å². The van der Waals surface area contributed by atoms with Crippen molar-refractivity contribution in [3.63, 3.8) is 0 Å². The van der Waals surface area contributed by atoms with Gasteiger partial charge in [0.15, 0.2) is 0 Å². The van der Waals surface area contributed by atoms with E-state index in [9.17, 15) is 9.90 Å². The summed E-state index contributed by atoms with van der Waals surface area (Å²) >= 11 is 0. The van der Waals surface area contributed by atoms with Crippen LogP contribution < -0.4 is 0 Å². The fourth-order valence-electron chi connectivity index (χ4n) is 2.87. The number of aliphatic hydroxyl groups excluding tert-OH is 1. The molecule has 5 heteroatoms. The van der Waals surface area contributed by atoms with Crippen LogP contribution in [0.2, 0.25) is 0 Å². The number of rotatable bonds is 4. The first kappa shape index (κ1) is 14.8. The smallest absolute Gasteiger partial charge is 0.335 e. The van der Waals surface area contributed by atoms with Crippen molar-refractivity contribution in [1.29, 1.82) is 0 Å². The highest BCUT2D eigenvalue weighted by molar-refractivity contribution is 5.87. The second-order valence-electron chi connectivity index (χ2n) is 5.73. The summed E-state index contributed by atoms with van der Waals surface area (Å²) in [5.74, 6) is -0.911. The van der Waals surface area contributed by atoms with E-state index >= 15 is 0 Å². The average Bonchev–Trinajstić information content (AvgIpc) is 2.98. The third kappa shape index (κ3) is 3.21. The molecule has 2 N–H and O–H groups in total. The van der Waals surface area contributed by atoms with Gasteiger partial charge in [-0.1, -0.05) is 0 Å². The lowest BCUT2D eigenvalue weighted by atomic mass is 10.1. The summed E-state index contributed by atoms with van der Waals surface area (Å²) in [6, 6.07) is 11.0. The lowest BCUT2D eigenvalue weighted by molar-refractivity contribution is 0.0696. The molecule has 2 heterocycles. The zero-order valence-electron chi connectivity index (χ0n) is 12.4. The molecule has 1 saturated heterocycles. The minimum absolute atomic E-state index is 0.161. The number of nitrogens with zero attached hydrogens (tertiary/aromatic N) is 2. The first-order chi connectivity index (χ1) is 10.6. The molecule has 0 bridgehead atoms. The fraction of sp³-hybridized carbons (Fsp3) is 0.353. The third-order valence-corrected chi connectivity index (χ3v) is 4.17. The highest BCUT2D eigenvalue weighted by atomic mass is 16.4. The Kier molecular flexibility index (Phi) is 4.27. The Hall–Kier alpha value is -2.11. The van der Waals surface area contributed by atoms with Crippen LogP contribution in [0.15, 0.2) is 42.6 Å². The van der Waals surface area contributed by atoms with E-state index in [1.807, 2.05) is 24.4 Å². The molecule has 1 fully saturated rings. The maximum absolute atomic E-state index is 10.9. The van der Waals surface area contributed by atoms with Gasteiger partial charge in [0, 0.05) is 37.2 Å². The monoisotopic (exact) mass is 300 g/mol. The van der Waals surface area contributed by atoms with E-state index in [0.717, 1.165) is 38.2 Å². The van der Waals surface area contributed by atoms with Gasteiger partial charge < -0.3 is 14.8 Å². The van der Waals surface area contributed by atoms with E-state index in [-0.39, 0.29) is 6.10 Å². The first-order valence-corrected chi connectivity index (χ1v) is 7.54. The van der Waals surface area contributed by atoms with Crippen molar-refractivity contribution in [1.82, 2.24) is 9.47 Å². The summed E-state index contributed by atoms with van der Waals surface area (Å²) in [5.41, 5.74) is 2.42. The molecule has 22 heavy (non-hydrogen) atoms. The molecule has 1 aromatic heterocycles. The fourth-order valence-corrected chi connectivity index (χ4v) is 2.87. The highest BCUT2D eigenvalue weighted by Crippen LogP contribution is 2.18. The van der Waals surface area contributed by atoms with Crippen molar-refractivity contribution in [2.75, 3.05) is 13.1 Å². The van der Waals surface area contributed by atoms with Crippen LogP contribution in [0.4, 0.5) is 0 Å². The molecule has 1 aliphatic heterocycles. The van der Waals surface area contributed by atoms with Gasteiger partial charge in [0.05, 0.1) is 11.7 Å². The van der Waals surface area contributed by atoms with Gasteiger partial charge in [0.1, 0.15) is 0 Å². The summed E-state index contributed by atoms with van der Waals surface area (Å²) in [6.07, 6.45) is 3.48. The number of piperidine rings is 1. The maximum Gasteiger partial charge on any atom is 0.335 e. The van der Waals surface area contributed by atoms with E-state index in [1.165, 1.54) is 5.69 Å². The number of carboxylic acids is 1. The molecule has 0 saturated carbocycles. The molecule has 1 aliphatic rings. The lowest BCUT2D eigenvalue weighted by Gasteiger charge is -2.29. The molecule has 0 spiro atoms. The number of carbonyl (C=O) groups is 1. The van der Waals surface area contributed by atoms with Gasteiger partial charge in [-0.3, -0.25) is 4.90 Å². The zero-order valence-corrected chi connectivity index (χ0v) is 12.4. The first-order valence-electron chi connectivity index (χ1n) is 7.54. The summed E-state index contributed by atoms with van der Waals surface area (Å²) in [5, 5.41) is 18.5. The second kappa shape index (κ2) is 6.34. The van der Waals surface area contributed by atoms with Crippen molar-refractivity contribution in [2.45, 2.75) is 25.5 Å². The van der Waals surface area contributed by atoms with Crippen LogP contribution in [0.25, 0.3) is 5.69 Å². The number of aromatic nitrogens is 1. The average molecular weight is 300 g/mol. The molecule has 2 aromatic rings. The van der Waals surface area contributed by atoms with Gasteiger partial charge in [-0.2, -0.15) is 0 Å². The predicted octanol–water partition coefficient (Wildman–Crippen LogP) is 2.13. The Bertz CT molecular complexity index is 640. The summed E-state index contributed by atoms with van der Waals surface area (Å²) in [7, 11) is 0. The SMILES string of the molecule is O=C(O)c1ccc(-n2cccc2CN2CCC(O)CC2)cc1. The topological polar surface area (TPSA) is 65.7 Å². The number of aromatic carboxylic acids is 1. The van der Waals surface area contributed by atoms with E-state index in [2.05, 4.69) is 15.5 Å². The van der Waals surface area contributed by atoms with Crippen LogP contribution in [-0.4, -0.2) is 44.8 Å². The van der Waals surface area contributed by atoms with Crippen LogP contribution in [0.5, 0.6) is 0 Å². The molecule has 0 unspecified atom stereocenters. The predicted molar refractivity (Wildman–Crippen MR) is 83.2 cm³/mol. The van der Waals surface area contributed by atoms with E-state index in [1.54, 1.807) is 12.1 Å². The summed E-state index contributed by atoms with van der Waals surface area (Å²) < 4.78 is 2.08. The van der Waals surface area contributed by atoms with Crippen molar-refractivity contribution >= 4 is 5.97 Å². The molecular weight excluding hydrogens is 280 g/mol. The number of carboxylic acid groups (broad SMARTS) is 1. The van der Waals surface area contributed by atoms with Gasteiger partial charge in [-0.05, 0) is 49.2 Å². The molecular formula is C17H20N2O3. The number of likely N-dealkylation sites (tertiary alicyclic amines) is 1. The van der Waals surface area contributed by atoms with Gasteiger partial charge in [-0.25, -0.2) is 4.79 Å². The molecule has 5 nitrogen and oxygen atoms in total. The van der Waals surface area contributed by atoms with Crippen LogP contribution in [-0.2, 0) is 6.54 Å². The Morgan fingerprint density at radius 1 is 1.14 bits per heavy atom. The molecule has 0 aliphatic carbocycles. The number of hydrogen-bond acceptors (Lipinski definition) is 3. The Labute approximate surface area is 129 Å². The Morgan fingerprint density at radius 2 is 1.82 bits per heavy atom. The normalized spacial score (nSPS) is 16.8. The summed E-state index contributed by atoms with van der Waals surface area (Å²) in [6.45, 7) is 2.65. The minimum Gasteiger partial charge on any atom is -0.478 e. The molecule has 0 atom stereocenters.